The summed E-state index contributed by atoms with van der Waals surface area (Å²) in [4.78, 5) is 36.8. The lowest BCUT2D eigenvalue weighted by Gasteiger charge is -2.35. The van der Waals surface area contributed by atoms with Gasteiger partial charge < -0.3 is 14.5 Å². The number of nitrogens with one attached hydrogen (secondary N) is 1. The number of halogens is 1. The molecule has 5 heterocycles. The second kappa shape index (κ2) is 10.9. The summed E-state index contributed by atoms with van der Waals surface area (Å²) in [6, 6.07) is 4.08. The number of carbonyl (C=O) groups is 2. The smallest absolute Gasteiger partial charge is 0.250 e. The van der Waals surface area contributed by atoms with E-state index in [1.807, 2.05) is 4.90 Å². The molecule has 0 bridgehead atoms. The van der Waals surface area contributed by atoms with Crippen molar-refractivity contribution in [2.75, 3.05) is 52.5 Å². The van der Waals surface area contributed by atoms with Crippen LogP contribution >= 0.6 is 22.9 Å². The Hall–Kier alpha value is -1.83. The molecule has 10 nitrogen and oxygen atoms in total. The molecule has 3 saturated heterocycles. The third kappa shape index (κ3) is 5.68. The molecule has 196 valence electrons. The SMILES string of the molecule is O=C1C(NS(=O)(=O)c2cc3ccc(Cl)nc3s2)CCCN1CC(=O)N1CCCC1CN1CCOCC1. The molecule has 2 unspecified atom stereocenters. The van der Waals surface area contributed by atoms with Crippen LogP contribution in [0.3, 0.4) is 0 Å². The van der Waals surface area contributed by atoms with Crippen molar-refractivity contribution in [1.29, 1.82) is 0 Å². The highest BCUT2D eigenvalue weighted by atomic mass is 35.5. The number of ether oxygens (including phenoxy) is 1. The molecule has 3 aliphatic heterocycles. The molecule has 2 aromatic heterocycles. The highest BCUT2D eigenvalue weighted by Gasteiger charge is 2.36. The van der Waals surface area contributed by atoms with Crippen LogP contribution in [-0.4, -0.2) is 104 Å². The average molecular weight is 556 g/mol. The number of fused-ring (bicyclic) bond motifs is 1. The van der Waals surface area contributed by atoms with Crippen molar-refractivity contribution in [2.45, 2.75) is 42.0 Å². The van der Waals surface area contributed by atoms with E-state index in [4.69, 9.17) is 16.3 Å². The third-order valence-corrected chi connectivity index (χ3v) is 10.2. The van der Waals surface area contributed by atoms with E-state index in [9.17, 15) is 18.0 Å². The minimum absolute atomic E-state index is 0.0258. The van der Waals surface area contributed by atoms with E-state index >= 15 is 0 Å². The number of hydrogen-bond acceptors (Lipinski definition) is 8. The Morgan fingerprint density at radius 3 is 2.75 bits per heavy atom. The summed E-state index contributed by atoms with van der Waals surface area (Å²) in [5, 5.41) is 0.957. The van der Waals surface area contributed by atoms with Crippen LogP contribution in [0.5, 0.6) is 0 Å². The Labute approximate surface area is 219 Å². The maximum Gasteiger partial charge on any atom is 0.250 e. The zero-order valence-corrected chi connectivity index (χ0v) is 22.3. The first-order chi connectivity index (χ1) is 17.3. The van der Waals surface area contributed by atoms with Gasteiger partial charge in [0.2, 0.25) is 11.8 Å². The number of rotatable bonds is 7. The average Bonchev–Trinajstić information content (AvgIpc) is 3.49. The molecule has 2 aromatic rings. The number of aromatic nitrogens is 1. The number of piperidine rings is 1. The highest BCUT2D eigenvalue weighted by molar-refractivity contribution is 7.91. The molecule has 0 saturated carbocycles. The lowest BCUT2D eigenvalue weighted by atomic mass is 10.1. The van der Waals surface area contributed by atoms with Crippen molar-refractivity contribution in [3.63, 3.8) is 0 Å². The minimum atomic E-state index is -3.93. The Balaban J connectivity index is 1.21. The van der Waals surface area contributed by atoms with Crippen molar-refractivity contribution >= 4 is 55.0 Å². The molecule has 3 fully saturated rings. The van der Waals surface area contributed by atoms with Crippen LogP contribution in [0.2, 0.25) is 5.15 Å². The number of sulfonamides is 1. The first kappa shape index (κ1) is 25.8. The fourth-order valence-corrected chi connectivity index (χ4v) is 7.92. The van der Waals surface area contributed by atoms with Gasteiger partial charge in [-0.1, -0.05) is 11.6 Å². The van der Waals surface area contributed by atoms with Gasteiger partial charge in [0.1, 0.15) is 20.2 Å². The van der Waals surface area contributed by atoms with Gasteiger partial charge in [-0.05, 0) is 43.9 Å². The fourth-order valence-electron chi connectivity index (χ4n) is 5.15. The first-order valence-corrected chi connectivity index (χ1v) is 14.9. The number of likely N-dealkylation sites (tertiary alicyclic amines) is 2. The summed E-state index contributed by atoms with van der Waals surface area (Å²) in [5.74, 6) is -0.431. The topological polar surface area (TPSA) is 112 Å². The van der Waals surface area contributed by atoms with E-state index in [1.165, 1.54) is 11.0 Å². The largest absolute Gasteiger partial charge is 0.379 e. The molecule has 0 spiro atoms. The molecule has 1 N–H and O–H groups in total. The van der Waals surface area contributed by atoms with Crippen molar-refractivity contribution in [2.24, 2.45) is 0 Å². The van der Waals surface area contributed by atoms with Crippen molar-refractivity contribution < 1.29 is 22.7 Å². The van der Waals surface area contributed by atoms with E-state index in [0.717, 1.165) is 43.8 Å². The van der Waals surface area contributed by atoms with Crippen LogP contribution in [0.15, 0.2) is 22.4 Å². The van der Waals surface area contributed by atoms with Gasteiger partial charge in [0.15, 0.2) is 0 Å². The maximum atomic E-state index is 13.2. The van der Waals surface area contributed by atoms with Gasteiger partial charge in [0.25, 0.3) is 10.0 Å². The molecule has 5 rings (SSSR count). The number of carbonyl (C=O) groups excluding carboxylic acids is 2. The molecule has 36 heavy (non-hydrogen) atoms. The van der Waals surface area contributed by atoms with E-state index in [2.05, 4.69) is 14.6 Å². The molecular weight excluding hydrogens is 526 g/mol. The Kier molecular flexibility index (Phi) is 7.80. The number of morpholine rings is 1. The quantitative estimate of drug-likeness (QED) is 0.516. The van der Waals surface area contributed by atoms with Crippen molar-refractivity contribution in [3.8, 4) is 0 Å². The number of thiophene rings is 1. The number of amides is 2. The number of nitrogens with zero attached hydrogens (tertiary/aromatic N) is 4. The van der Waals surface area contributed by atoms with Crippen molar-refractivity contribution in [1.82, 2.24) is 24.4 Å². The van der Waals surface area contributed by atoms with Gasteiger partial charge in [-0.3, -0.25) is 14.5 Å². The van der Waals surface area contributed by atoms with Gasteiger partial charge in [-0.25, -0.2) is 13.4 Å². The number of hydrogen-bond donors (Lipinski definition) is 1. The van der Waals surface area contributed by atoms with E-state index in [1.54, 1.807) is 12.1 Å². The summed E-state index contributed by atoms with van der Waals surface area (Å²) in [7, 11) is -3.93. The van der Waals surface area contributed by atoms with Gasteiger partial charge in [0, 0.05) is 44.2 Å². The van der Waals surface area contributed by atoms with Crippen LogP contribution in [0, 0.1) is 0 Å². The molecule has 2 amide bonds. The lowest BCUT2D eigenvalue weighted by molar-refractivity contribution is -0.143. The Bertz CT molecular complexity index is 1230. The van der Waals surface area contributed by atoms with Gasteiger partial charge in [0.05, 0.1) is 19.8 Å². The van der Waals surface area contributed by atoms with Crippen LogP contribution in [0.4, 0.5) is 0 Å². The fraction of sp³-hybridized carbons (Fsp3) is 0.609. The van der Waals surface area contributed by atoms with Crippen LogP contribution < -0.4 is 4.72 Å². The first-order valence-electron chi connectivity index (χ1n) is 12.3. The zero-order valence-electron chi connectivity index (χ0n) is 19.9. The molecule has 0 aliphatic carbocycles. The van der Waals surface area contributed by atoms with E-state index < -0.39 is 16.1 Å². The normalized spacial score (nSPS) is 24.1. The maximum absolute atomic E-state index is 13.2. The van der Waals surface area contributed by atoms with Gasteiger partial charge in [-0.15, -0.1) is 11.3 Å². The predicted molar refractivity (Wildman–Crippen MR) is 137 cm³/mol. The Morgan fingerprint density at radius 1 is 1.17 bits per heavy atom. The Morgan fingerprint density at radius 2 is 1.94 bits per heavy atom. The second-order valence-electron chi connectivity index (χ2n) is 9.47. The molecule has 2 atom stereocenters. The number of pyridine rings is 1. The molecule has 0 aromatic carbocycles. The van der Waals surface area contributed by atoms with Crippen LogP contribution in [-0.2, 0) is 24.3 Å². The van der Waals surface area contributed by atoms with Gasteiger partial charge >= 0.3 is 0 Å². The summed E-state index contributed by atoms with van der Waals surface area (Å²) < 4.78 is 34.2. The molecular formula is C23H30ClN5O5S2. The van der Waals surface area contributed by atoms with E-state index in [0.29, 0.717) is 49.4 Å². The van der Waals surface area contributed by atoms with Crippen LogP contribution in [0.25, 0.3) is 10.2 Å². The highest BCUT2D eigenvalue weighted by Crippen LogP contribution is 2.29. The third-order valence-electron chi connectivity index (χ3n) is 7.02. The van der Waals surface area contributed by atoms with E-state index in [-0.39, 0.29) is 33.8 Å². The summed E-state index contributed by atoms with van der Waals surface area (Å²) >= 11 is 6.93. The van der Waals surface area contributed by atoms with Gasteiger partial charge in [-0.2, -0.15) is 4.72 Å². The summed E-state index contributed by atoms with van der Waals surface area (Å²) in [6.45, 7) is 5.09. The predicted octanol–water partition coefficient (Wildman–Crippen LogP) is 1.54. The monoisotopic (exact) mass is 555 g/mol. The molecule has 13 heteroatoms. The summed E-state index contributed by atoms with van der Waals surface area (Å²) in [6.07, 6.45) is 2.91. The van der Waals surface area contributed by atoms with Crippen LogP contribution in [0.1, 0.15) is 25.7 Å². The van der Waals surface area contributed by atoms with Crippen molar-refractivity contribution in [3.05, 3.63) is 23.4 Å². The molecule has 0 radical (unpaired) electrons. The zero-order chi connectivity index (χ0) is 25.3. The molecule has 3 aliphatic rings. The minimum Gasteiger partial charge on any atom is -0.379 e. The summed E-state index contributed by atoms with van der Waals surface area (Å²) in [5.41, 5.74) is 0. The second-order valence-corrected chi connectivity index (χ2v) is 12.8. The lowest BCUT2D eigenvalue weighted by Crippen LogP contribution is -2.55. The standard InChI is InChI=1S/C23H30ClN5O5S2/c24-19-6-5-16-13-21(35-22(16)25-19)36(32,33)26-18-4-2-7-28(23(18)31)15-20(30)29-8-1-3-17(29)14-27-9-11-34-12-10-27/h5-6,13,17-18,26H,1-4,7-12,14-15H2.